The highest BCUT2D eigenvalue weighted by atomic mass is 16.7. The number of hydrogen-bond donors (Lipinski definition) is 1. The average Bonchev–Trinajstić information content (AvgIpc) is 2.38. The van der Waals surface area contributed by atoms with E-state index >= 15 is 0 Å². The Morgan fingerprint density at radius 2 is 2.24 bits per heavy atom. The molecule has 0 aromatic heterocycles. The summed E-state index contributed by atoms with van der Waals surface area (Å²) in [6, 6.07) is 0. The van der Waals surface area contributed by atoms with Crippen molar-refractivity contribution in [2.24, 2.45) is 0 Å². The lowest BCUT2D eigenvalue weighted by atomic mass is 10.2. The molecule has 0 radical (unpaired) electrons. The smallest absolute Gasteiger partial charge is 0.406 e. The number of hydrogen-bond acceptors (Lipinski definition) is 4. The third kappa shape index (κ3) is 7.18. The van der Waals surface area contributed by atoms with Crippen molar-refractivity contribution in [3.05, 3.63) is 0 Å². The van der Waals surface area contributed by atoms with Crippen LogP contribution in [0.4, 0.5) is 4.79 Å². The van der Waals surface area contributed by atoms with Crippen molar-refractivity contribution in [3.63, 3.8) is 0 Å². The summed E-state index contributed by atoms with van der Waals surface area (Å²) in [5.74, 6) is 0. The highest BCUT2D eigenvalue weighted by Crippen LogP contribution is 2.14. The van der Waals surface area contributed by atoms with Gasteiger partial charge in [-0.2, -0.15) is 0 Å². The Kier molecular flexibility index (Phi) is 7.75. The number of rotatable bonds is 7. The Balaban J connectivity index is 1.82. The van der Waals surface area contributed by atoms with Crippen molar-refractivity contribution < 1.29 is 19.0 Å². The zero-order chi connectivity index (χ0) is 12.3. The highest BCUT2D eigenvalue weighted by molar-refractivity contribution is 5.66. The molecule has 1 unspecified atom stereocenters. The lowest BCUT2D eigenvalue weighted by Crippen LogP contribution is -2.24. The van der Waals surface area contributed by atoms with Gasteiger partial charge in [-0.3, -0.25) is 0 Å². The number of carbonyl (C=O) groups excluding carboxylic acids is 1. The molecule has 1 atom stereocenters. The van der Waals surface area contributed by atoms with E-state index in [1.807, 2.05) is 0 Å². The van der Waals surface area contributed by atoms with Crippen LogP contribution in [0, 0.1) is 0 Å². The van der Waals surface area contributed by atoms with E-state index in [0.29, 0.717) is 6.54 Å². The highest BCUT2D eigenvalue weighted by Gasteiger charge is 2.13. The number of unbranched alkanes of at least 4 members (excludes halogenated alkanes) is 2. The second-order valence-corrected chi connectivity index (χ2v) is 4.15. The van der Waals surface area contributed by atoms with Gasteiger partial charge in [-0.15, -0.1) is 0 Å². The minimum absolute atomic E-state index is 0.0111. The largest absolute Gasteiger partial charge is 0.453 e. The first kappa shape index (κ1) is 14.3. The van der Waals surface area contributed by atoms with E-state index in [4.69, 9.17) is 9.47 Å². The number of methoxy groups -OCH3 is 1. The molecule has 5 heteroatoms. The van der Waals surface area contributed by atoms with E-state index in [-0.39, 0.29) is 12.4 Å². The maximum atomic E-state index is 10.7. The van der Waals surface area contributed by atoms with Crippen LogP contribution in [0.3, 0.4) is 0 Å². The fourth-order valence-electron chi connectivity index (χ4n) is 1.72. The zero-order valence-electron chi connectivity index (χ0n) is 10.6. The third-order valence-corrected chi connectivity index (χ3v) is 2.72. The molecule has 100 valence electrons. The number of alkyl carbamates (subject to hydrolysis) is 1. The van der Waals surface area contributed by atoms with Gasteiger partial charge in [-0.1, -0.05) is 0 Å². The van der Waals surface area contributed by atoms with Gasteiger partial charge in [0.05, 0.1) is 7.11 Å². The van der Waals surface area contributed by atoms with Gasteiger partial charge in [0.1, 0.15) is 0 Å². The molecule has 1 amide bonds. The van der Waals surface area contributed by atoms with Crippen LogP contribution in [0.2, 0.25) is 0 Å². The summed E-state index contributed by atoms with van der Waals surface area (Å²) in [6.07, 6.45) is 6.01. The van der Waals surface area contributed by atoms with Crippen LogP contribution < -0.4 is 5.32 Å². The maximum Gasteiger partial charge on any atom is 0.406 e. The predicted molar refractivity (Wildman–Crippen MR) is 63.8 cm³/mol. The topological polar surface area (TPSA) is 56.8 Å². The molecule has 1 aliphatic rings. The van der Waals surface area contributed by atoms with Crippen molar-refractivity contribution in [2.75, 3.05) is 26.9 Å². The summed E-state index contributed by atoms with van der Waals surface area (Å²) < 4.78 is 15.5. The summed E-state index contributed by atoms with van der Waals surface area (Å²) >= 11 is 0. The fraction of sp³-hybridized carbons (Fsp3) is 0.917. The van der Waals surface area contributed by atoms with E-state index in [9.17, 15) is 4.79 Å². The maximum absolute atomic E-state index is 10.7. The molecular formula is C12H23NO4. The van der Waals surface area contributed by atoms with Gasteiger partial charge in [0, 0.05) is 19.8 Å². The van der Waals surface area contributed by atoms with Crippen LogP contribution in [0.25, 0.3) is 0 Å². The van der Waals surface area contributed by atoms with Crippen LogP contribution in [0.15, 0.2) is 0 Å². The van der Waals surface area contributed by atoms with Crippen molar-refractivity contribution in [1.29, 1.82) is 0 Å². The van der Waals surface area contributed by atoms with Gasteiger partial charge in [0.15, 0.2) is 6.29 Å². The molecule has 0 saturated carbocycles. The van der Waals surface area contributed by atoms with Crippen molar-refractivity contribution >= 4 is 6.09 Å². The van der Waals surface area contributed by atoms with Gasteiger partial charge in [0.25, 0.3) is 0 Å². The molecule has 1 fully saturated rings. The molecule has 0 spiro atoms. The summed E-state index contributed by atoms with van der Waals surface area (Å²) in [4.78, 5) is 10.7. The van der Waals surface area contributed by atoms with E-state index in [0.717, 1.165) is 45.3 Å². The van der Waals surface area contributed by atoms with Crippen LogP contribution in [0.1, 0.15) is 38.5 Å². The van der Waals surface area contributed by atoms with Crippen molar-refractivity contribution in [3.8, 4) is 0 Å². The number of amides is 1. The monoisotopic (exact) mass is 245 g/mol. The van der Waals surface area contributed by atoms with Gasteiger partial charge >= 0.3 is 6.09 Å². The third-order valence-electron chi connectivity index (χ3n) is 2.72. The Morgan fingerprint density at radius 1 is 1.35 bits per heavy atom. The molecule has 1 rings (SSSR count). The van der Waals surface area contributed by atoms with Gasteiger partial charge in [-0.25, -0.2) is 4.79 Å². The van der Waals surface area contributed by atoms with Crippen LogP contribution in [-0.4, -0.2) is 39.3 Å². The predicted octanol–water partition coefficient (Wildman–Crippen LogP) is 2.06. The molecule has 17 heavy (non-hydrogen) atoms. The lowest BCUT2D eigenvalue weighted by molar-refractivity contribution is -0.162. The minimum Gasteiger partial charge on any atom is -0.453 e. The Morgan fingerprint density at radius 3 is 2.94 bits per heavy atom. The second-order valence-electron chi connectivity index (χ2n) is 4.15. The van der Waals surface area contributed by atoms with Crippen LogP contribution >= 0.6 is 0 Å². The SMILES string of the molecule is COC(=O)NCCCCCOC1CCCCO1. The Hall–Kier alpha value is -0.810. The van der Waals surface area contributed by atoms with E-state index < -0.39 is 0 Å². The minimum atomic E-state index is -0.364. The summed E-state index contributed by atoms with van der Waals surface area (Å²) in [7, 11) is 1.37. The van der Waals surface area contributed by atoms with Gasteiger partial charge in [-0.05, 0) is 38.5 Å². The molecule has 1 aliphatic heterocycles. The van der Waals surface area contributed by atoms with E-state index in [2.05, 4.69) is 10.1 Å². The quantitative estimate of drug-likeness (QED) is 0.697. The van der Waals surface area contributed by atoms with E-state index in [1.165, 1.54) is 13.5 Å². The standard InChI is InChI=1S/C12H23NO4/c1-15-12(14)13-8-4-2-5-9-16-11-7-3-6-10-17-11/h11H,2-10H2,1H3,(H,13,14). The van der Waals surface area contributed by atoms with Gasteiger partial charge < -0.3 is 19.5 Å². The zero-order valence-corrected chi connectivity index (χ0v) is 10.6. The molecule has 0 aliphatic carbocycles. The van der Waals surface area contributed by atoms with Crippen LogP contribution in [0.5, 0.6) is 0 Å². The number of nitrogens with one attached hydrogen (secondary N) is 1. The van der Waals surface area contributed by atoms with Crippen molar-refractivity contribution in [1.82, 2.24) is 5.32 Å². The molecule has 0 aromatic carbocycles. The molecule has 0 aromatic rings. The first-order valence-corrected chi connectivity index (χ1v) is 6.38. The Labute approximate surface area is 103 Å². The van der Waals surface area contributed by atoms with Gasteiger partial charge in [0.2, 0.25) is 0 Å². The van der Waals surface area contributed by atoms with Crippen molar-refractivity contribution in [2.45, 2.75) is 44.8 Å². The first-order chi connectivity index (χ1) is 8.33. The normalized spacial score (nSPS) is 19.9. The lowest BCUT2D eigenvalue weighted by Gasteiger charge is -2.22. The number of ether oxygens (including phenoxy) is 3. The summed E-state index contributed by atoms with van der Waals surface area (Å²) in [5, 5.41) is 2.65. The van der Waals surface area contributed by atoms with Crippen LogP contribution in [-0.2, 0) is 14.2 Å². The summed E-state index contributed by atoms with van der Waals surface area (Å²) in [5.41, 5.74) is 0. The molecular weight excluding hydrogens is 222 g/mol. The number of carbonyl (C=O) groups is 1. The molecule has 5 nitrogen and oxygen atoms in total. The molecule has 0 bridgehead atoms. The first-order valence-electron chi connectivity index (χ1n) is 6.38. The Bertz CT molecular complexity index is 205. The average molecular weight is 245 g/mol. The second kappa shape index (κ2) is 9.24. The van der Waals surface area contributed by atoms with E-state index in [1.54, 1.807) is 0 Å². The molecule has 1 saturated heterocycles. The summed E-state index contributed by atoms with van der Waals surface area (Å²) in [6.45, 7) is 2.23. The molecule has 1 heterocycles. The fourth-order valence-corrected chi connectivity index (χ4v) is 1.72. The molecule has 1 N–H and O–H groups in total.